The third-order valence-electron chi connectivity index (χ3n) is 1.80. The van der Waals surface area contributed by atoms with Crippen LogP contribution in [0.1, 0.15) is 18.1 Å². The van der Waals surface area contributed by atoms with Gasteiger partial charge in [-0.25, -0.2) is 5.11 Å². The highest BCUT2D eigenvalue weighted by Gasteiger charge is 2.29. The predicted octanol–water partition coefficient (Wildman–Crippen LogP) is 3.07. The van der Waals surface area contributed by atoms with E-state index in [0.29, 0.717) is 5.56 Å². The molecule has 0 amide bonds. The first-order valence-corrected chi connectivity index (χ1v) is 4.21. The molecular formula is C10H10F3O. The molecule has 1 aromatic rings. The smallest absolute Gasteiger partial charge is 0.233 e. The van der Waals surface area contributed by atoms with Crippen LogP contribution in [0.2, 0.25) is 0 Å². The Kier molecular flexibility index (Phi) is 3.16. The van der Waals surface area contributed by atoms with E-state index in [0.717, 1.165) is 12.1 Å². The molecule has 0 N–H and O–H groups in total. The van der Waals surface area contributed by atoms with Gasteiger partial charge < -0.3 is 0 Å². The van der Waals surface area contributed by atoms with Crippen LogP contribution < -0.4 is 0 Å². The Morgan fingerprint density at radius 2 is 1.71 bits per heavy atom. The third-order valence-corrected chi connectivity index (χ3v) is 1.80. The highest BCUT2D eigenvalue weighted by atomic mass is 19.4. The van der Waals surface area contributed by atoms with Crippen LogP contribution in [0.25, 0.3) is 0 Å². The van der Waals surface area contributed by atoms with E-state index >= 15 is 0 Å². The lowest BCUT2D eigenvalue weighted by Gasteiger charge is -2.07. The molecule has 0 bridgehead atoms. The minimum atomic E-state index is -4.30. The van der Waals surface area contributed by atoms with Gasteiger partial charge in [0.2, 0.25) is 0 Å². The van der Waals surface area contributed by atoms with E-state index in [2.05, 4.69) is 0 Å². The molecule has 1 nitrogen and oxygen atoms in total. The van der Waals surface area contributed by atoms with Gasteiger partial charge in [-0.3, -0.25) is 0 Å². The van der Waals surface area contributed by atoms with E-state index in [9.17, 15) is 18.3 Å². The summed E-state index contributed by atoms with van der Waals surface area (Å²) in [7, 11) is 0. The van der Waals surface area contributed by atoms with E-state index in [-0.39, 0.29) is 6.42 Å². The van der Waals surface area contributed by atoms with Crippen molar-refractivity contribution < 1.29 is 18.3 Å². The number of benzene rings is 1. The molecule has 14 heavy (non-hydrogen) atoms. The standard InChI is InChI=1S/C10H10F3O/c1-7(14)6-8-2-4-9(5-3-8)10(11,12)13/h2-5,7H,6H2,1H3. The zero-order chi connectivity index (χ0) is 10.8. The predicted molar refractivity (Wildman–Crippen MR) is 45.3 cm³/mol. The molecule has 1 radical (unpaired) electrons. The molecule has 0 spiro atoms. The topological polar surface area (TPSA) is 19.9 Å². The summed E-state index contributed by atoms with van der Waals surface area (Å²) in [6, 6.07) is 4.68. The van der Waals surface area contributed by atoms with Crippen LogP contribution >= 0.6 is 0 Å². The van der Waals surface area contributed by atoms with Gasteiger partial charge in [0.15, 0.2) is 0 Å². The molecule has 0 aliphatic heterocycles. The van der Waals surface area contributed by atoms with Gasteiger partial charge >= 0.3 is 6.18 Å². The molecule has 4 heteroatoms. The molecule has 0 saturated carbocycles. The second-order valence-electron chi connectivity index (χ2n) is 3.21. The molecule has 0 aromatic heterocycles. The van der Waals surface area contributed by atoms with E-state index in [1.54, 1.807) is 0 Å². The monoisotopic (exact) mass is 203 g/mol. The maximum absolute atomic E-state index is 12.1. The number of alkyl halides is 3. The Morgan fingerprint density at radius 1 is 1.21 bits per heavy atom. The van der Waals surface area contributed by atoms with Gasteiger partial charge in [0.25, 0.3) is 0 Å². The zero-order valence-corrected chi connectivity index (χ0v) is 7.64. The number of halogens is 3. The fourth-order valence-electron chi connectivity index (χ4n) is 1.16. The summed E-state index contributed by atoms with van der Waals surface area (Å²) in [5.41, 5.74) is -0.0414. The number of rotatable bonds is 2. The van der Waals surface area contributed by atoms with Gasteiger partial charge in [-0.1, -0.05) is 12.1 Å². The van der Waals surface area contributed by atoms with E-state index < -0.39 is 17.8 Å². The van der Waals surface area contributed by atoms with Gasteiger partial charge in [-0.2, -0.15) is 13.2 Å². The summed E-state index contributed by atoms with van der Waals surface area (Å²) in [6.45, 7) is 1.48. The Morgan fingerprint density at radius 3 is 2.07 bits per heavy atom. The maximum atomic E-state index is 12.1. The lowest BCUT2D eigenvalue weighted by Crippen LogP contribution is -2.06. The summed E-state index contributed by atoms with van der Waals surface area (Å²) in [5.74, 6) is 0. The first-order chi connectivity index (χ1) is 6.39. The largest absolute Gasteiger partial charge is 0.416 e. The van der Waals surface area contributed by atoms with Gasteiger partial charge in [0.1, 0.15) is 0 Å². The average Bonchev–Trinajstić information content (AvgIpc) is 2.02. The van der Waals surface area contributed by atoms with Crippen molar-refractivity contribution in [1.82, 2.24) is 0 Å². The second kappa shape index (κ2) is 4.00. The molecular weight excluding hydrogens is 193 g/mol. The molecule has 1 aromatic carbocycles. The second-order valence-corrected chi connectivity index (χ2v) is 3.21. The SMILES string of the molecule is CC([O])Cc1ccc(C(F)(F)F)cc1. The molecule has 1 unspecified atom stereocenters. The van der Waals surface area contributed by atoms with Crippen molar-refractivity contribution in [2.24, 2.45) is 0 Å². The quantitative estimate of drug-likeness (QED) is 0.704. The van der Waals surface area contributed by atoms with Crippen molar-refractivity contribution in [2.75, 3.05) is 0 Å². The van der Waals surface area contributed by atoms with E-state index in [1.165, 1.54) is 19.1 Å². The van der Waals surface area contributed by atoms with Crippen LogP contribution in [-0.2, 0) is 17.7 Å². The fraction of sp³-hybridized carbons (Fsp3) is 0.400. The Hall–Kier alpha value is -1.03. The average molecular weight is 203 g/mol. The van der Waals surface area contributed by atoms with E-state index in [4.69, 9.17) is 0 Å². The minimum absolute atomic E-state index is 0.262. The number of hydrogen-bond donors (Lipinski definition) is 0. The maximum Gasteiger partial charge on any atom is 0.416 e. The summed E-state index contributed by atoms with van der Waals surface area (Å²) in [6.07, 6.45) is -4.83. The summed E-state index contributed by atoms with van der Waals surface area (Å²) >= 11 is 0. The highest BCUT2D eigenvalue weighted by molar-refractivity contribution is 5.24. The molecule has 0 saturated heterocycles. The highest BCUT2D eigenvalue weighted by Crippen LogP contribution is 2.29. The van der Waals surface area contributed by atoms with Crippen LogP contribution in [0, 0.1) is 0 Å². The Bertz CT molecular complexity index is 287. The minimum Gasteiger partial charge on any atom is -0.233 e. The lowest BCUT2D eigenvalue weighted by atomic mass is 10.1. The van der Waals surface area contributed by atoms with Crippen molar-refractivity contribution in [2.45, 2.75) is 25.6 Å². The normalized spacial score (nSPS) is 14.1. The fourth-order valence-corrected chi connectivity index (χ4v) is 1.16. The molecule has 0 fully saturated rings. The molecule has 0 aliphatic rings. The first-order valence-electron chi connectivity index (χ1n) is 4.21. The van der Waals surface area contributed by atoms with Crippen molar-refractivity contribution in [3.05, 3.63) is 35.4 Å². The molecule has 1 atom stereocenters. The van der Waals surface area contributed by atoms with Crippen LogP contribution in [-0.4, -0.2) is 6.10 Å². The van der Waals surface area contributed by atoms with Crippen molar-refractivity contribution in [3.8, 4) is 0 Å². The van der Waals surface area contributed by atoms with E-state index in [1.807, 2.05) is 0 Å². The third kappa shape index (κ3) is 3.03. The van der Waals surface area contributed by atoms with Crippen molar-refractivity contribution >= 4 is 0 Å². The van der Waals surface area contributed by atoms with Crippen LogP contribution in [0.4, 0.5) is 13.2 Å². The number of hydrogen-bond acceptors (Lipinski definition) is 0. The summed E-state index contributed by atoms with van der Waals surface area (Å²) < 4.78 is 36.4. The molecule has 77 valence electrons. The van der Waals surface area contributed by atoms with Crippen molar-refractivity contribution in [1.29, 1.82) is 0 Å². The lowest BCUT2D eigenvalue weighted by molar-refractivity contribution is -0.137. The first kappa shape index (κ1) is 11.0. The van der Waals surface area contributed by atoms with Crippen LogP contribution in [0.5, 0.6) is 0 Å². The Balaban J connectivity index is 2.79. The summed E-state index contributed by atoms with van der Waals surface area (Å²) in [5, 5.41) is 10.8. The zero-order valence-electron chi connectivity index (χ0n) is 7.64. The van der Waals surface area contributed by atoms with Crippen molar-refractivity contribution in [3.63, 3.8) is 0 Å². The van der Waals surface area contributed by atoms with Gasteiger partial charge in [0.05, 0.1) is 11.7 Å². The van der Waals surface area contributed by atoms with Crippen LogP contribution in [0.15, 0.2) is 24.3 Å². The van der Waals surface area contributed by atoms with Gasteiger partial charge in [-0.05, 0) is 24.6 Å². The van der Waals surface area contributed by atoms with Crippen LogP contribution in [0.3, 0.4) is 0 Å². The summed E-state index contributed by atoms with van der Waals surface area (Å²) in [4.78, 5) is 0. The molecule has 0 heterocycles. The molecule has 0 aliphatic carbocycles. The van der Waals surface area contributed by atoms with Gasteiger partial charge in [-0.15, -0.1) is 0 Å². The Labute approximate surface area is 80.2 Å². The molecule has 1 rings (SSSR count). The van der Waals surface area contributed by atoms with Gasteiger partial charge in [0, 0.05) is 6.42 Å².